The summed E-state index contributed by atoms with van der Waals surface area (Å²) in [5.74, 6) is -2.30. The first-order valence-electron chi connectivity index (χ1n) is 7.85. The summed E-state index contributed by atoms with van der Waals surface area (Å²) in [4.78, 5) is 36.3. The molecule has 0 unspecified atom stereocenters. The quantitative estimate of drug-likeness (QED) is 0.442. The van der Waals surface area contributed by atoms with Crippen LogP contribution in [-0.2, 0) is 9.53 Å². The minimum atomic E-state index is -0.816. The SMILES string of the molecule is COc1cc(SC)ccc1C(=O)OCC(=O)c1ccc(NC(C)=O)cc1F. The third kappa shape index (κ3) is 5.30. The Morgan fingerprint density at radius 2 is 1.81 bits per heavy atom. The van der Waals surface area contributed by atoms with Gasteiger partial charge < -0.3 is 14.8 Å². The maximum absolute atomic E-state index is 14.1. The molecule has 0 aliphatic heterocycles. The topological polar surface area (TPSA) is 81.7 Å². The van der Waals surface area contributed by atoms with Crippen molar-refractivity contribution in [1.29, 1.82) is 0 Å². The highest BCUT2D eigenvalue weighted by Gasteiger charge is 2.18. The fourth-order valence-corrected chi connectivity index (χ4v) is 2.71. The molecule has 1 amide bonds. The Kier molecular flexibility index (Phi) is 6.95. The fourth-order valence-electron chi connectivity index (χ4n) is 2.28. The normalized spacial score (nSPS) is 10.2. The molecule has 0 aliphatic rings. The molecule has 0 heterocycles. The molecular weight excluding hydrogens is 373 g/mol. The van der Waals surface area contributed by atoms with Crippen LogP contribution in [0.2, 0.25) is 0 Å². The summed E-state index contributed by atoms with van der Waals surface area (Å²) in [5.41, 5.74) is 0.165. The smallest absolute Gasteiger partial charge is 0.342 e. The average molecular weight is 391 g/mol. The molecule has 142 valence electrons. The predicted molar refractivity (Wildman–Crippen MR) is 100 cm³/mol. The molecule has 1 N–H and O–H groups in total. The van der Waals surface area contributed by atoms with Crippen molar-refractivity contribution in [3.05, 3.63) is 53.3 Å². The van der Waals surface area contributed by atoms with E-state index in [-0.39, 0.29) is 22.7 Å². The Bertz CT molecular complexity index is 884. The van der Waals surface area contributed by atoms with E-state index in [0.29, 0.717) is 5.75 Å². The minimum Gasteiger partial charge on any atom is -0.496 e. The van der Waals surface area contributed by atoms with Gasteiger partial charge >= 0.3 is 5.97 Å². The zero-order valence-corrected chi connectivity index (χ0v) is 15.8. The molecule has 2 aromatic rings. The van der Waals surface area contributed by atoms with Crippen LogP contribution in [0.4, 0.5) is 10.1 Å². The largest absolute Gasteiger partial charge is 0.496 e. The molecule has 0 aromatic heterocycles. The number of halogens is 1. The standard InChI is InChI=1S/C19H18FNO5S/c1-11(22)21-12-4-6-14(16(20)8-12)17(23)10-26-19(24)15-7-5-13(27-3)9-18(15)25-2/h4-9H,10H2,1-3H3,(H,21,22). The van der Waals surface area contributed by atoms with Crippen LogP contribution in [0, 0.1) is 5.82 Å². The number of hydrogen-bond acceptors (Lipinski definition) is 6. The number of nitrogens with one attached hydrogen (secondary N) is 1. The van der Waals surface area contributed by atoms with Crippen LogP contribution in [0.3, 0.4) is 0 Å². The lowest BCUT2D eigenvalue weighted by molar-refractivity contribution is -0.114. The van der Waals surface area contributed by atoms with Crippen molar-refractivity contribution < 1.29 is 28.2 Å². The Morgan fingerprint density at radius 1 is 1.11 bits per heavy atom. The van der Waals surface area contributed by atoms with Gasteiger partial charge in [0, 0.05) is 17.5 Å². The first kappa shape index (κ1) is 20.4. The molecule has 0 atom stereocenters. The van der Waals surface area contributed by atoms with Gasteiger partial charge in [-0.1, -0.05) is 0 Å². The number of anilines is 1. The van der Waals surface area contributed by atoms with Gasteiger partial charge in [-0.05, 0) is 42.7 Å². The van der Waals surface area contributed by atoms with Crippen LogP contribution < -0.4 is 10.1 Å². The van der Waals surface area contributed by atoms with E-state index in [0.717, 1.165) is 11.0 Å². The maximum atomic E-state index is 14.1. The fraction of sp³-hybridized carbons (Fsp3) is 0.211. The number of esters is 1. The highest BCUT2D eigenvalue weighted by atomic mass is 32.2. The maximum Gasteiger partial charge on any atom is 0.342 e. The first-order chi connectivity index (χ1) is 12.8. The summed E-state index contributed by atoms with van der Waals surface area (Å²) in [7, 11) is 1.42. The van der Waals surface area contributed by atoms with Crippen molar-refractivity contribution in [3.63, 3.8) is 0 Å². The lowest BCUT2D eigenvalue weighted by Crippen LogP contribution is -2.16. The molecule has 2 aromatic carbocycles. The molecule has 0 aliphatic carbocycles. The summed E-state index contributed by atoms with van der Waals surface area (Å²) in [6.45, 7) is 0.666. The van der Waals surface area contributed by atoms with Crippen molar-refractivity contribution in [2.24, 2.45) is 0 Å². The molecule has 0 fully saturated rings. The molecule has 0 saturated heterocycles. The summed E-state index contributed by atoms with van der Waals surface area (Å²) >= 11 is 1.49. The van der Waals surface area contributed by atoms with E-state index in [4.69, 9.17) is 9.47 Å². The summed E-state index contributed by atoms with van der Waals surface area (Å²) in [5, 5.41) is 2.41. The Labute approximate surface area is 160 Å². The average Bonchev–Trinajstić information content (AvgIpc) is 2.64. The van der Waals surface area contributed by atoms with Crippen LogP contribution in [0.15, 0.2) is 41.3 Å². The monoisotopic (exact) mass is 391 g/mol. The van der Waals surface area contributed by atoms with Gasteiger partial charge in [0.15, 0.2) is 6.61 Å². The van der Waals surface area contributed by atoms with Gasteiger partial charge in [-0.3, -0.25) is 9.59 Å². The van der Waals surface area contributed by atoms with E-state index in [1.807, 2.05) is 6.26 Å². The first-order valence-corrected chi connectivity index (χ1v) is 9.07. The third-order valence-corrected chi connectivity index (χ3v) is 4.28. The van der Waals surface area contributed by atoms with E-state index < -0.39 is 24.2 Å². The van der Waals surface area contributed by atoms with Crippen LogP contribution >= 0.6 is 11.8 Å². The molecule has 0 spiro atoms. The number of methoxy groups -OCH3 is 1. The molecule has 2 rings (SSSR count). The number of hydrogen-bond donors (Lipinski definition) is 1. The molecule has 0 saturated carbocycles. The number of ether oxygens (including phenoxy) is 2. The molecule has 0 radical (unpaired) electrons. The van der Waals surface area contributed by atoms with Crippen LogP contribution in [0.5, 0.6) is 5.75 Å². The van der Waals surface area contributed by atoms with Gasteiger partial charge in [0.25, 0.3) is 0 Å². The lowest BCUT2D eigenvalue weighted by atomic mass is 10.1. The highest BCUT2D eigenvalue weighted by Crippen LogP contribution is 2.26. The number of carbonyl (C=O) groups is 3. The molecule has 8 heteroatoms. The number of amides is 1. The Balaban J connectivity index is 2.07. The number of carbonyl (C=O) groups excluding carboxylic acids is 3. The molecular formula is C19H18FNO5S. The van der Waals surface area contributed by atoms with Crippen LogP contribution in [0.1, 0.15) is 27.6 Å². The van der Waals surface area contributed by atoms with Crippen molar-refractivity contribution in [1.82, 2.24) is 0 Å². The van der Waals surface area contributed by atoms with Gasteiger partial charge in [0.05, 0.1) is 12.7 Å². The Morgan fingerprint density at radius 3 is 2.41 bits per heavy atom. The van der Waals surface area contributed by atoms with Gasteiger partial charge in [-0.25, -0.2) is 9.18 Å². The number of thioether (sulfide) groups is 1. The lowest BCUT2D eigenvalue weighted by Gasteiger charge is -2.10. The predicted octanol–water partition coefficient (Wildman–Crippen LogP) is 3.55. The zero-order chi connectivity index (χ0) is 20.0. The van der Waals surface area contributed by atoms with Crippen molar-refractivity contribution >= 4 is 35.1 Å². The number of Topliss-reactive ketones (excluding diaryl/α,β-unsaturated/α-hetero) is 1. The van der Waals surface area contributed by atoms with Gasteiger partial charge in [-0.2, -0.15) is 0 Å². The summed E-state index contributed by atoms with van der Waals surface area (Å²) < 4.78 is 24.2. The molecule has 6 nitrogen and oxygen atoms in total. The van der Waals surface area contributed by atoms with E-state index in [1.54, 1.807) is 18.2 Å². The molecule has 27 heavy (non-hydrogen) atoms. The van der Waals surface area contributed by atoms with Crippen molar-refractivity contribution in [3.8, 4) is 5.75 Å². The van der Waals surface area contributed by atoms with Crippen molar-refractivity contribution in [2.45, 2.75) is 11.8 Å². The second-order valence-corrected chi connectivity index (χ2v) is 6.32. The van der Waals surface area contributed by atoms with Gasteiger partial charge in [0.2, 0.25) is 11.7 Å². The highest BCUT2D eigenvalue weighted by molar-refractivity contribution is 7.98. The number of ketones is 1. The van der Waals surface area contributed by atoms with E-state index >= 15 is 0 Å². The summed E-state index contributed by atoms with van der Waals surface area (Å²) in [6.07, 6.45) is 1.89. The number of benzene rings is 2. The van der Waals surface area contributed by atoms with Gasteiger partial charge in [-0.15, -0.1) is 11.8 Å². The summed E-state index contributed by atoms with van der Waals surface area (Å²) in [6, 6.07) is 8.60. The van der Waals surface area contributed by atoms with E-state index in [1.165, 1.54) is 37.9 Å². The minimum absolute atomic E-state index is 0.171. The van der Waals surface area contributed by atoms with E-state index in [9.17, 15) is 18.8 Å². The second kappa shape index (κ2) is 9.18. The Hall–Kier alpha value is -2.87. The van der Waals surface area contributed by atoms with Gasteiger partial charge in [0.1, 0.15) is 17.1 Å². The van der Waals surface area contributed by atoms with Crippen molar-refractivity contribution in [2.75, 3.05) is 25.3 Å². The third-order valence-electron chi connectivity index (χ3n) is 3.55. The molecule has 0 bridgehead atoms. The van der Waals surface area contributed by atoms with Crippen LogP contribution in [0.25, 0.3) is 0 Å². The van der Waals surface area contributed by atoms with Crippen LogP contribution in [-0.4, -0.2) is 37.6 Å². The van der Waals surface area contributed by atoms with E-state index in [2.05, 4.69) is 5.32 Å². The second-order valence-electron chi connectivity index (χ2n) is 5.44. The zero-order valence-electron chi connectivity index (χ0n) is 15.0. The number of rotatable bonds is 7.